The van der Waals surface area contributed by atoms with Gasteiger partial charge in [0.25, 0.3) is 0 Å². The molecule has 122 valence electrons. The van der Waals surface area contributed by atoms with Crippen LogP contribution in [0.5, 0.6) is 0 Å². The quantitative estimate of drug-likeness (QED) is 0.490. The molecule has 0 unspecified atom stereocenters. The molecule has 0 saturated heterocycles. The molecule has 0 fully saturated rings. The van der Waals surface area contributed by atoms with Gasteiger partial charge in [0.15, 0.2) is 8.07 Å². The predicted molar refractivity (Wildman–Crippen MR) is 98.5 cm³/mol. The lowest BCUT2D eigenvalue weighted by Gasteiger charge is -2.22. The lowest BCUT2D eigenvalue weighted by molar-refractivity contribution is -0.888. The summed E-state index contributed by atoms with van der Waals surface area (Å²) < 4.78 is 0. The number of hydrogen-bond donors (Lipinski definition) is 1. The maximum atomic E-state index is 3.70. The summed E-state index contributed by atoms with van der Waals surface area (Å²) in [6, 6.07) is 21.6. The van der Waals surface area contributed by atoms with Crippen LogP contribution in [0.15, 0.2) is 60.7 Å². The summed E-state index contributed by atoms with van der Waals surface area (Å²) in [7, 11) is -1.97. The third kappa shape index (κ3) is 4.97. The summed E-state index contributed by atoms with van der Waals surface area (Å²) in [5.41, 5.74) is 3.70. The Morgan fingerprint density at radius 3 is 1.65 bits per heavy atom. The number of nitrogens with one attached hydrogen (secondary N) is 1. The van der Waals surface area contributed by atoms with Crippen molar-refractivity contribution >= 4 is 18.4 Å². The molecule has 0 atom stereocenters. The number of benzene rings is 2. The van der Waals surface area contributed by atoms with Gasteiger partial charge in [-0.05, 0) is 30.1 Å². The number of hydrogen-bond acceptors (Lipinski definition) is 0. The SMILES string of the molecule is CC[NH+](CC)CC#C[Si](C)(c1ccccc1)c1ccccc1.[Cl-]. The van der Waals surface area contributed by atoms with Crippen molar-refractivity contribution in [1.82, 2.24) is 0 Å². The first-order valence-electron chi connectivity index (χ1n) is 8.15. The second kappa shape index (κ2) is 9.57. The average Bonchev–Trinajstić information content (AvgIpc) is 2.60. The van der Waals surface area contributed by atoms with E-state index in [2.05, 4.69) is 92.5 Å². The minimum atomic E-state index is -1.97. The highest BCUT2D eigenvalue weighted by atomic mass is 35.5. The van der Waals surface area contributed by atoms with Crippen LogP contribution in [0.1, 0.15) is 13.8 Å². The Hall–Kier alpha value is -1.53. The van der Waals surface area contributed by atoms with Gasteiger partial charge >= 0.3 is 0 Å². The lowest BCUT2D eigenvalue weighted by Crippen LogP contribution is -3.11. The second-order valence-electron chi connectivity index (χ2n) is 5.79. The molecule has 0 radical (unpaired) electrons. The zero-order chi connectivity index (χ0) is 15.8. The summed E-state index contributed by atoms with van der Waals surface area (Å²) in [6.45, 7) is 10.0. The Bertz CT molecular complexity index is 587. The van der Waals surface area contributed by atoms with Crippen molar-refractivity contribution in [3.8, 4) is 11.5 Å². The minimum Gasteiger partial charge on any atom is -1.00 e. The maximum Gasteiger partial charge on any atom is 0.196 e. The molecular weight excluding hydrogens is 318 g/mol. The van der Waals surface area contributed by atoms with Gasteiger partial charge in [-0.15, -0.1) is 5.54 Å². The molecule has 0 aliphatic rings. The molecule has 2 aromatic rings. The van der Waals surface area contributed by atoms with E-state index in [0.717, 1.165) is 19.6 Å². The van der Waals surface area contributed by atoms with Crippen LogP contribution >= 0.6 is 0 Å². The van der Waals surface area contributed by atoms with Crippen LogP contribution in [0.2, 0.25) is 6.55 Å². The van der Waals surface area contributed by atoms with Crippen molar-refractivity contribution in [3.05, 3.63) is 60.7 Å². The molecule has 0 aliphatic heterocycles. The zero-order valence-corrected chi connectivity index (χ0v) is 16.0. The van der Waals surface area contributed by atoms with Gasteiger partial charge in [0.1, 0.15) is 6.54 Å². The Balaban J connectivity index is 0.00000264. The molecule has 1 nitrogen and oxygen atoms in total. The minimum absolute atomic E-state index is 0. The fourth-order valence-electron chi connectivity index (χ4n) is 2.70. The van der Waals surface area contributed by atoms with E-state index >= 15 is 0 Å². The molecule has 0 aliphatic carbocycles. The molecule has 2 aromatic carbocycles. The zero-order valence-electron chi connectivity index (χ0n) is 14.3. The van der Waals surface area contributed by atoms with Crippen molar-refractivity contribution in [2.75, 3.05) is 19.6 Å². The normalized spacial score (nSPS) is 10.6. The first-order chi connectivity index (χ1) is 10.7. The van der Waals surface area contributed by atoms with Gasteiger partial charge < -0.3 is 17.3 Å². The smallest absolute Gasteiger partial charge is 0.196 e. The van der Waals surface area contributed by atoms with Gasteiger partial charge in [-0.1, -0.05) is 67.2 Å². The fraction of sp³-hybridized carbons (Fsp3) is 0.300. The molecule has 0 amide bonds. The van der Waals surface area contributed by atoms with E-state index in [-0.39, 0.29) is 12.4 Å². The summed E-state index contributed by atoms with van der Waals surface area (Å²) >= 11 is 0. The van der Waals surface area contributed by atoms with Gasteiger partial charge in [-0.3, -0.25) is 0 Å². The molecule has 1 N–H and O–H groups in total. The van der Waals surface area contributed by atoms with Crippen molar-refractivity contribution in [3.63, 3.8) is 0 Å². The molecule has 0 saturated carbocycles. The highest BCUT2D eigenvalue weighted by Crippen LogP contribution is 2.04. The van der Waals surface area contributed by atoms with Crippen molar-refractivity contribution in [1.29, 1.82) is 0 Å². The number of quaternary nitrogens is 1. The lowest BCUT2D eigenvalue weighted by atomic mass is 10.4. The highest BCUT2D eigenvalue weighted by molar-refractivity contribution is 7.07. The van der Waals surface area contributed by atoms with E-state index in [0.29, 0.717) is 0 Å². The molecule has 2 rings (SSSR count). The van der Waals surface area contributed by atoms with E-state index < -0.39 is 8.07 Å². The van der Waals surface area contributed by atoms with Gasteiger partial charge in [0.05, 0.1) is 13.1 Å². The van der Waals surface area contributed by atoms with Gasteiger partial charge in [-0.2, -0.15) is 0 Å². The molecule has 3 heteroatoms. The third-order valence-corrected chi connectivity index (χ3v) is 8.03. The molecule has 23 heavy (non-hydrogen) atoms. The van der Waals surface area contributed by atoms with Crippen LogP contribution in [0.3, 0.4) is 0 Å². The summed E-state index contributed by atoms with van der Waals surface area (Å²) in [5.74, 6) is 3.50. The van der Waals surface area contributed by atoms with E-state index in [1.165, 1.54) is 10.4 Å². The van der Waals surface area contributed by atoms with Crippen LogP contribution < -0.4 is 27.7 Å². The van der Waals surface area contributed by atoms with Crippen LogP contribution in [0.25, 0.3) is 0 Å². The second-order valence-corrected chi connectivity index (χ2v) is 9.45. The van der Waals surface area contributed by atoms with Crippen LogP contribution in [-0.4, -0.2) is 27.7 Å². The summed E-state index contributed by atoms with van der Waals surface area (Å²) in [6.07, 6.45) is 0. The Morgan fingerprint density at radius 2 is 1.26 bits per heavy atom. The van der Waals surface area contributed by atoms with Crippen molar-refractivity contribution in [2.24, 2.45) is 0 Å². The first kappa shape index (κ1) is 19.5. The topological polar surface area (TPSA) is 4.44 Å². The molecule has 0 bridgehead atoms. The standard InChI is InChI=1S/C20H25NSi.ClH/c1-4-21(5-2)17-12-18-22(3,19-13-8-6-9-14-19)20-15-10-7-11-16-20;/h6-11,13-16H,4-5,17H2,1-3H3;1H. The maximum absolute atomic E-state index is 3.70. The van der Waals surface area contributed by atoms with Gasteiger partial charge in [0, 0.05) is 0 Å². The van der Waals surface area contributed by atoms with Gasteiger partial charge in [0.2, 0.25) is 0 Å². The van der Waals surface area contributed by atoms with E-state index in [1.54, 1.807) is 4.90 Å². The van der Waals surface area contributed by atoms with Crippen molar-refractivity contribution < 1.29 is 17.3 Å². The molecule has 0 heterocycles. The van der Waals surface area contributed by atoms with E-state index in [4.69, 9.17) is 0 Å². The Labute approximate surface area is 148 Å². The Kier molecular flexibility index (Phi) is 8.12. The van der Waals surface area contributed by atoms with E-state index in [9.17, 15) is 0 Å². The Morgan fingerprint density at radius 1 is 0.826 bits per heavy atom. The summed E-state index contributed by atoms with van der Waals surface area (Å²) in [5, 5.41) is 2.78. The van der Waals surface area contributed by atoms with E-state index in [1.807, 2.05) is 0 Å². The number of halogens is 1. The highest BCUT2D eigenvalue weighted by Gasteiger charge is 2.29. The van der Waals surface area contributed by atoms with Crippen LogP contribution in [0, 0.1) is 11.5 Å². The fourth-order valence-corrected chi connectivity index (χ4v) is 5.48. The monoisotopic (exact) mass is 343 g/mol. The van der Waals surface area contributed by atoms with Gasteiger partial charge in [-0.25, -0.2) is 0 Å². The molecule has 0 spiro atoms. The van der Waals surface area contributed by atoms with Crippen LogP contribution in [-0.2, 0) is 0 Å². The third-order valence-electron chi connectivity index (χ3n) is 4.38. The molecule has 0 aromatic heterocycles. The average molecular weight is 344 g/mol. The predicted octanol–water partition coefficient (Wildman–Crippen LogP) is -1.65. The van der Waals surface area contributed by atoms with Crippen molar-refractivity contribution in [2.45, 2.75) is 20.4 Å². The summed E-state index contributed by atoms with van der Waals surface area (Å²) in [4.78, 5) is 1.55. The largest absolute Gasteiger partial charge is 1.00 e. The molecular formula is C20H26ClNSi. The van der Waals surface area contributed by atoms with Crippen LogP contribution in [0.4, 0.5) is 0 Å². The number of rotatable bonds is 5. The first-order valence-corrected chi connectivity index (χ1v) is 10.6.